The number of ketones is 1. The second-order valence-electron chi connectivity index (χ2n) is 1.94. The van der Waals surface area contributed by atoms with E-state index in [9.17, 15) is 22.4 Å². The van der Waals surface area contributed by atoms with Gasteiger partial charge in [0.1, 0.15) is 5.78 Å². The monoisotopic (exact) mass is 158 g/mol. The number of alkyl halides is 4. The van der Waals surface area contributed by atoms with Crippen molar-refractivity contribution in [2.24, 2.45) is 0 Å². The lowest BCUT2D eigenvalue weighted by atomic mass is 10.2. The molecule has 5 heteroatoms. The number of halogens is 4. The fourth-order valence-electron chi connectivity index (χ4n) is 0.409. The maximum absolute atomic E-state index is 11.8. The Morgan fingerprint density at radius 2 is 1.90 bits per heavy atom. The maximum Gasteiger partial charge on any atom is 0.314 e. The van der Waals surface area contributed by atoms with E-state index in [4.69, 9.17) is 0 Å². The molecule has 0 aliphatic heterocycles. The Morgan fingerprint density at radius 3 is 2.00 bits per heavy atom. The molecule has 0 spiro atoms. The summed E-state index contributed by atoms with van der Waals surface area (Å²) in [5, 5.41) is 0. The number of carbonyl (C=O) groups is 1. The summed E-state index contributed by atoms with van der Waals surface area (Å²) in [6, 6.07) is 0. The molecule has 0 aliphatic rings. The Hall–Kier alpha value is -0.610. The molecule has 1 nitrogen and oxygen atoms in total. The van der Waals surface area contributed by atoms with Crippen LogP contribution in [0, 0.1) is 0 Å². The lowest BCUT2D eigenvalue weighted by Crippen LogP contribution is -2.28. The predicted molar refractivity (Wildman–Crippen MR) is 26.2 cm³/mol. The number of rotatable bonds is 3. The van der Waals surface area contributed by atoms with Gasteiger partial charge >= 0.3 is 12.3 Å². The van der Waals surface area contributed by atoms with E-state index in [0.717, 1.165) is 6.92 Å². The van der Waals surface area contributed by atoms with Crippen molar-refractivity contribution >= 4 is 5.78 Å². The van der Waals surface area contributed by atoms with Crippen molar-refractivity contribution in [3.05, 3.63) is 0 Å². The van der Waals surface area contributed by atoms with E-state index < -0.39 is 24.6 Å². The zero-order chi connectivity index (χ0) is 8.36. The van der Waals surface area contributed by atoms with Crippen LogP contribution in [-0.4, -0.2) is 18.1 Å². The highest BCUT2D eigenvalue weighted by atomic mass is 19.3. The van der Waals surface area contributed by atoms with Crippen LogP contribution in [0.25, 0.3) is 0 Å². The molecule has 0 saturated carbocycles. The summed E-state index contributed by atoms with van der Waals surface area (Å²) < 4.78 is 46.2. The zero-order valence-electron chi connectivity index (χ0n) is 5.20. The third-order valence-electron chi connectivity index (χ3n) is 0.804. The first-order chi connectivity index (χ1) is 4.36. The summed E-state index contributed by atoms with van der Waals surface area (Å²) in [4.78, 5) is 9.95. The molecular formula is C5H6F4O. The summed E-state index contributed by atoms with van der Waals surface area (Å²) in [5.41, 5.74) is 0. The summed E-state index contributed by atoms with van der Waals surface area (Å²) in [7, 11) is 0. The molecular weight excluding hydrogens is 152 g/mol. The third-order valence-corrected chi connectivity index (χ3v) is 0.804. The smallest absolute Gasteiger partial charge is 0.300 e. The van der Waals surface area contributed by atoms with Crippen LogP contribution in [0.5, 0.6) is 0 Å². The van der Waals surface area contributed by atoms with Gasteiger partial charge in [-0.15, -0.1) is 0 Å². The largest absolute Gasteiger partial charge is 0.314 e. The SMILES string of the molecule is CC(=O)CC(F)(F)C(F)F. The standard InChI is InChI=1S/C5H6F4O/c1-3(10)2-5(8,9)4(6)7/h4H,2H2,1H3. The Bertz CT molecular complexity index is 132. The zero-order valence-corrected chi connectivity index (χ0v) is 5.20. The molecule has 0 radical (unpaired) electrons. The molecule has 0 amide bonds. The Morgan fingerprint density at radius 1 is 1.50 bits per heavy atom. The first-order valence-corrected chi connectivity index (χ1v) is 2.51. The maximum atomic E-state index is 11.8. The van der Waals surface area contributed by atoms with Gasteiger partial charge < -0.3 is 0 Å². The van der Waals surface area contributed by atoms with Crippen LogP contribution in [0.1, 0.15) is 13.3 Å². The minimum Gasteiger partial charge on any atom is -0.300 e. The summed E-state index contributed by atoms with van der Waals surface area (Å²) in [6.45, 7) is 0.844. The number of hydrogen-bond donors (Lipinski definition) is 0. The fraction of sp³-hybridized carbons (Fsp3) is 0.800. The molecule has 0 aromatic rings. The van der Waals surface area contributed by atoms with Crippen LogP contribution in [-0.2, 0) is 4.79 Å². The average Bonchev–Trinajstić information content (AvgIpc) is 1.60. The molecule has 0 unspecified atom stereocenters. The first kappa shape index (κ1) is 9.39. The van der Waals surface area contributed by atoms with Crippen LogP contribution >= 0.6 is 0 Å². The molecule has 0 aliphatic carbocycles. The van der Waals surface area contributed by atoms with Gasteiger partial charge in [-0.1, -0.05) is 0 Å². The van der Waals surface area contributed by atoms with Gasteiger partial charge in [0, 0.05) is 0 Å². The second kappa shape index (κ2) is 2.98. The van der Waals surface area contributed by atoms with Gasteiger partial charge in [-0.2, -0.15) is 8.78 Å². The van der Waals surface area contributed by atoms with Crippen LogP contribution in [0.2, 0.25) is 0 Å². The Kier molecular flexibility index (Phi) is 2.80. The van der Waals surface area contributed by atoms with Gasteiger partial charge in [0.2, 0.25) is 0 Å². The van der Waals surface area contributed by atoms with Gasteiger partial charge in [-0.05, 0) is 6.92 Å². The molecule has 0 N–H and O–H groups in total. The van der Waals surface area contributed by atoms with E-state index in [1.807, 2.05) is 0 Å². The van der Waals surface area contributed by atoms with Crippen molar-refractivity contribution in [1.82, 2.24) is 0 Å². The van der Waals surface area contributed by atoms with Crippen LogP contribution < -0.4 is 0 Å². The molecule has 10 heavy (non-hydrogen) atoms. The van der Waals surface area contributed by atoms with Crippen molar-refractivity contribution in [3.63, 3.8) is 0 Å². The molecule has 0 aromatic carbocycles. The lowest BCUT2D eigenvalue weighted by Gasteiger charge is -2.11. The predicted octanol–water partition coefficient (Wildman–Crippen LogP) is 1.87. The normalized spacial score (nSPS) is 12.2. The lowest BCUT2D eigenvalue weighted by molar-refractivity contribution is -0.148. The fourth-order valence-corrected chi connectivity index (χ4v) is 0.409. The molecule has 0 saturated heterocycles. The van der Waals surface area contributed by atoms with Crippen molar-refractivity contribution < 1.29 is 22.4 Å². The summed E-state index contributed by atoms with van der Waals surface area (Å²) in [6.07, 6.45) is -5.14. The number of carbonyl (C=O) groups excluding carboxylic acids is 1. The Labute approximate surface area is 55.0 Å². The first-order valence-electron chi connectivity index (χ1n) is 2.51. The molecule has 0 aromatic heterocycles. The van der Waals surface area contributed by atoms with E-state index in [-0.39, 0.29) is 0 Å². The molecule has 0 heterocycles. The highest BCUT2D eigenvalue weighted by Crippen LogP contribution is 2.26. The van der Waals surface area contributed by atoms with Gasteiger partial charge in [0.15, 0.2) is 0 Å². The number of hydrogen-bond acceptors (Lipinski definition) is 1. The highest BCUT2D eigenvalue weighted by molar-refractivity contribution is 5.76. The summed E-state index contributed by atoms with van der Waals surface area (Å²) in [5.74, 6) is -5.10. The molecule has 0 rings (SSSR count). The second-order valence-corrected chi connectivity index (χ2v) is 1.94. The van der Waals surface area contributed by atoms with Gasteiger partial charge in [0.05, 0.1) is 6.42 Å². The summed E-state index contributed by atoms with van der Waals surface area (Å²) >= 11 is 0. The van der Waals surface area contributed by atoms with Crippen LogP contribution in [0.15, 0.2) is 0 Å². The Balaban J connectivity index is 3.99. The highest BCUT2D eigenvalue weighted by Gasteiger charge is 2.41. The molecule has 0 fully saturated rings. The van der Waals surface area contributed by atoms with E-state index in [0.29, 0.717) is 0 Å². The van der Waals surface area contributed by atoms with E-state index in [1.165, 1.54) is 0 Å². The van der Waals surface area contributed by atoms with Gasteiger partial charge in [0.25, 0.3) is 0 Å². The molecule has 0 bridgehead atoms. The number of Topliss-reactive ketones (excluding diaryl/α,β-unsaturated/α-hetero) is 1. The van der Waals surface area contributed by atoms with Crippen LogP contribution in [0.4, 0.5) is 17.6 Å². The third kappa shape index (κ3) is 2.80. The van der Waals surface area contributed by atoms with Crippen molar-refractivity contribution in [2.45, 2.75) is 25.7 Å². The van der Waals surface area contributed by atoms with Crippen molar-refractivity contribution in [2.75, 3.05) is 0 Å². The topological polar surface area (TPSA) is 17.1 Å². The van der Waals surface area contributed by atoms with Crippen molar-refractivity contribution in [3.8, 4) is 0 Å². The van der Waals surface area contributed by atoms with E-state index >= 15 is 0 Å². The molecule has 60 valence electrons. The van der Waals surface area contributed by atoms with Crippen molar-refractivity contribution in [1.29, 1.82) is 0 Å². The van der Waals surface area contributed by atoms with Gasteiger partial charge in [-0.3, -0.25) is 4.79 Å². The quantitative estimate of drug-likeness (QED) is 0.573. The average molecular weight is 158 g/mol. The van der Waals surface area contributed by atoms with Gasteiger partial charge in [-0.25, -0.2) is 8.78 Å². The van der Waals surface area contributed by atoms with E-state index in [2.05, 4.69) is 0 Å². The molecule has 0 atom stereocenters. The minimum absolute atomic E-state index is 0.844. The van der Waals surface area contributed by atoms with Crippen LogP contribution in [0.3, 0.4) is 0 Å². The minimum atomic E-state index is -4.16. The van der Waals surface area contributed by atoms with E-state index in [1.54, 1.807) is 0 Å².